The van der Waals surface area contributed by atoms with Crippen LogP contribution in [0.4, 0.5) is 5.13 Å². The lowest BCUT2D eigenvalue weighted by Gasteiger charge is -2.34. The van der Waals surface area contributed by atoms with Gasteiger partial charge >= 0.3 is 0 Å². The van der Waals surface area contributed by atoms with Gasteiger partial charge in [-0.2, -0.15) is 0 Å². The summed E-state index contributed by atoms with van der Waals surface area (Å²) < 4.78 is 6.80. The molecule has 0 spiro atoms. The molecule has 6 heteroatoms. The monoisotopic (exact) mass is 431 g/mol. The average molecular weight is 432 g/mol. The second-order valence-corrected chi connectivity index (χ2v) is 9.03. The fourth-order valence-corrected chi connectivity index (χ4v) is 5.37. The van der Waals surface area contributed by atoms with Gasteiger partial charge in [-0.3, -0.25) is 4.79 Å². The van der Waals surface area contributed by atoms with Crippen molar-refractivity contribution in [2.75, 3.05) is 38.2 Å². The Balaban J connectivity index is 1.36. The van der Waals surface area contributed by atoms with Gasteiger partial charge < -0.3 is 14.5 Å². The van der Waals surface area contributed by atoms with E-state index in [1.54, 1.807) is 18.4 Å². The Hall–Kier alpha value is -3.12. The number of hydrogen-bond acceptors (Lipinski definition) is 5. The Bertz CT molecular complexity index is 1250. The van der Waals surface area contributed by atoms with Gasteiger partial charge in [-0.1, -0.05) is 47.7 Å². The van der Waals surface area contributed by atoms with Crippen molar-refractivity contribution in [3.05, 3.63) is 65.2 Å². The van der Waals surface area contributed by atoms with Crippen LogP contribution in [0.3, 0.4) is 0 Å². The number of aryl methyl sites for hydroxylation is 2. The molecule has 1 amide bonds. The molecule has 0 saturated carbocycles. The van der Waals surface area contributed by atoms with Crippen molar-refractivity contribution in [2.24, 2.45) is 0 Å². The summed E-state index contributed by atoms with van der Waals surface area (Å²) in [4.78, 5) is 22.4. The van der Waals surface area contributed by atoms with Crippen molar-refractivity contribution >= 4 is 43.4 Å². The van der Waals surface area contributed by atoms with Crippen LogP contribution in [-0.2, 0) is 0 Å². The summed E-state index contributed by atoms with van der Waals surface area (Å²) in [6, 6.07) is 16.2. The van der Waals surface area contributed by atoms with E-state index in [2.05, 4.69) is 30.9 Å². The molecule has 3 aromatic carbocycles. The highest BCUT2D eigenvalue weighted by Gasteiger charge is 2.26. The summed E-state index contributed by atoms with van der Waals surface area (Å²) >= 11 is 1.75. The fraction of sp³-hybridized carbons (Fsp3) is 0.280. The highest BCUT2D eigenvalue weighted by molar-refractivity contribution is 7.22. The van der Waals surface area contributed by atoms with Crippen molar-refractivity contribution in [1.29, 1.82) is 0 Å². The molecule has 1 aliphatic rings. The minimum absolute atomic E-state index is 0.0261. The number of anilines is 1. The number of piperazine rings is 1. The average Bonchev–Trinajstić information content (AvgIpc) is 3.27. The lowest BCUT2D eigenvalue weighted by molar-refractivity contribution is 0.0743. The SMILES string of the molecule is COc1cc2ccccc2cc1C(=O)N1CCN(c2nc3c(C)ccc(C)c3s2)CC1. The molecule has 2 heterocycles. The fourth-order valence-electron chi connectivity index (χ4n) is 4.21. The van der Waals surface area contributed by atoms with Crippen LogP contribution < -0.4 is 9.64 Å². The van der Waals surface area contributed by atoms with Gasteiger partial charge in [0.25, 0.3) is 5.91 Å². The Morgan fingerprint density at radius 2 is 1.65 bits per heavy atom. The standard InChI is InChI=1S/C25H25N3O2S/c1-16-8-9-17(2)23-22(16)26-25(31-23)28-12-10-27(11-13-28)24(29)20-14-18-6-4-5-7-19(18)15-21(20)30-3/h4-9,14-15H,10-13H2,1-3H3. The van der Waals surface area contributed by atoms with Crippen molar-refractivity contribution in [1.82, 2.24) is 9.88 Å². The molecule has 5 rings (SSSR count). The number of hydrogen-bond donors (Lipinski definition) is 0. The second-order valence-electron chi connectivity index (χ2n) is 8.05. The zero-order valence-corrected chi connectivity index (χ0v) is 18.8. The Morgan fingerprint density at radius 1 is 0.968 bits per heavy atom. The minimum atomic E-state index is 0.0261. The Morgan fingerprint density at radius 3 is 2.32 bits per heavy atom. The van der Waals surface area contributed by atoms with Crippen LogP contribution in [0.5, 0.6) is 5.75 Å². The van der Waals surface area contributed by atoms with E-state index in [1.807, 2.05) is 41.3 Å². The number of carbonyl (C=O) groups excluding carboxylic acids is 1. The smallest absolute Gasteiger partial charge is 0.257 e. The van der Waals surface area contributed by atoms with Gasteiger partial charge in [-0.05, 0) is 47.9 Å². The predicted molar refractivity (Wildman–Crippen MR) is 128 cm³/mol. The molecule has 1 saturated heterocycles. The number of nitrogens with zero attached hydrogens (tertiary/aromatic N) is 3. The van der Waals surface area contributed by atoms with Crippen LogP contribution in [0, 0.1) is 13.8 Å². The predicted octanol–water partition coefficient (Wildman–Crippen LogP) is 5.04. The van der Waals surface area contributed by atoms with Crippen molar-refractivity contribution in [3.8, 4) is 5.75 Å². The molecular weight excluding hydrogens is 406 g/mol. The molecular formula is C25H25N3O2S. The number of methoxy groups -OCH3 is 1. The molecule has 0 unspecified atom stereocenters. The third kappa shape index (κ3) is 3.51. The van der Waals surface area contributed by atoms with Gasteiger partial charge in [-0.15, -0.1) is 0 Å². The van der Waals surface area contributed by atoms with E-state index in [0.29, 0.717) is 24.4 Å². The molecule has 0 atom stereocenters. The summed E-state index contributed by atoms with van der Waals surface area (Å²) in [6.45, 7) is 7.14. The summed E-state index contributed by atoms with van der Waals surface area (Å²) in [5, 5.41) is 3.16. The molecule has 0 aliphatic carbocycles. The number of rotatable bonds is 3. The maximum Gasteiger partial charge on any atom is 0.257 e. The molecule has 1 fully saturated rings. The van der Waals surface area contributed by atoms with Crippen LogP contribution in [0.1, 0.15) is 21.5 Å². The van der Waals surface area contributed by atoms with Crippen LogP contribution in [0.2, 0.25) is 0 Å². The van der Waals surface area contributed by atoms with Crippen LogP contribution >= 0.6 is 11.3 Å². The van der Waals surface area contributed by atoms with E-state index in [1.165, 1.54) is 15.8 Å². The zero-order valence-electron chi connectivity index (χ0n) is 18.0. The number of thiazole rings is 1. The zero-order chi connectivity index (χ0) is 21.5. The first-order valence-electron chi connectivity index (χ1n) is 10.5. The largest absolute Gasteiger partial charge is 0.496 e. The maximum atomic E-state index is 13.3. The van der Waals surface area contributed by atoms with Gasteiger partial charge in [-0.25, -0.2) is 4.98 Å². The summed E-state index contributed by atoms with van der Waals surface area (Å²) in [5.74, 6) is 0.654. The molecule has 31 heavy (non-hydrogen) atoms. The topological polar surface area (TPSA) is 45.7 Å². The minimum Gasteiger partial charge on any atom is -0.496 e. The number of benzene rings is 3. The molecule has 5 nitrogen and oxygen atoms in total. The number of aromatic nitrogens is 1. The number of carbonyl (C=O) groups is 1. The van der Waals surface area contributed by atoms with Gasteiger partial charge in [0.2, 0.25) is 0 Å². The molecule has 158 valence electrons. The third-order valence-electron chi connectivity index (χ3n) is 6.07. The first-order valence-corrected chi connectivity index (χ1v) is 11.3. The quantitative estimate of drug-likeness (QED) is 0.456. The summed E-state index contributed by atoms with van der Waals surface area (Å²) in [7, 11) is 1.62. The molecule has 1 aliphatic heterocycles. The molecule has 0 radical (unpaired) electrons. The first-order chi connectivity index (χ1) is 15.0. The molecule has 0 N–H and O–H groups in total. The van der Waals surface area contributed by atoms with E-state index in [-0.39, 0.29) is 5.91 Å². The van der Waals surface area contributed by atoms with E-state index in [4.69, 9.17) is 9.72 Å². The lowest BCUT2D eigenvalue weighted by Crippen LogP contribution is -2.48. The normalized spacial score (nSPS) is 14.4. The van der Waals surface area contributed by atoms with Crippen LogP contribution in [0.15, 0.2) is 48.5 Å². The highest BCUT2D eigenvalue weighted by atomic mass is 32.1. The lowest BCUT2D eigenvalue weighted by atomic mass is 10.0. The van der Waals surface area contributed by atoms with Crippen molar-refractivity contribution in [2.45, 2.75) is 13.8 Å². The van der Waals surface area contributed by atoms with Gasteiger partial charge in [0, 0.05) is 26.2 Å². The Kier molecular flexibility index (Phi) is 5.02. The number of amides is 1. The summed E-state index contributed by atoms with van der Waals surface area (Å²) in [5.41, 5.74) is 4.20. The molecule has 4 aromatic rings. The third-order valence-corrected chi connectivity index (χ3v) is 7.32. The van der Waals surface area contributed by atoms with Gasteiger partial charge in [0.15, 0.2) is 5.13 Å². The maximum absolute atomic E-state index is 13.3. The van der Waals surface area contributed by atoms with Crippen LogP contribution in [-0.4, -0.2) is 49.1 Å². The Labute approximate surface area is 185 Å². The van der Waals surface area contributed by atoms with Gasteiger partial charge in [0.1, 0.15) is 5.75 Å². The first kappa shape index (κ1) is 19.8. The van der Waals surface area contributed by atoms with E-state index >= 15 is 0 Å². The summed E-state index contributed by atoms with van der Waals surface area (Å²) in [6.07, 6.45) is 0. The van der Waals surface area contributed by atoms with Gasteiger partial charge in [0.05, 0.1) is 22.9 Å². The van der Waals surface area contributed by atoms with E-state index in [9.17, 15) is 4.79 Å². The van der Waals surface area contributed by atoms with E-state index < -0.39 is 0 Å². The van der Waals surface area contributed by atoms with E-state index in [0.717, 1.165) is 34.5 Å². The number of fused-ring (bicyclic) bond motifs is 2. The molecule has 0 bridgehead atoms. The second kappa shape index (κ2) is 7.85. The highest BCUT2D eigenvalue weighted by Crippen LogP contribution is 2.34. The van der Waals surface area contributed by atoms with Crippen molar-refractivity contribution < 1.29 is 9.53 Å². The number of ether oxygens (including phenoxy) is 1. The van der Waals surface area contributed by atoms with Crippen molar-refractivity contribution in [3.63, 3.8) is 0 Å². The molecule has 1 aromatic heterocycles. The van der Waals surface area contributed by atoms with Crippen LogP contribution in [0.25, 0.3) is 21.0 Å².